The minimum Gasteiger partial charge on any atom is -0.496 e. The number of aldehydes is 1. The third kappa shape index (κ3) is 2.35. The molecule has 4 heteroatoms. The summed E-state index contributed by atoms with van der Waals surface area (Å²) in [6.07, 6.45) is 0.772. The summed E-state index contributed by atoms with van der Waals surface area (Å²) < 4.78 is 5.28. The third-order valence-corrected chi connectivity index (χ3v) is 3.22. The highest BCUT2D eigenvalue weighted by atomic mass is 35.5. The van der Waals surface area contributed by atoms with Crippen LogP contribution in [0.15, 0.2) is 36.4 Å². The van der Waals surface area contributed by atoms with Crippen LogP contribution in [0.4, 0.5) is 0 Å². The van der Waals surface area contributed by atoms with Gasteiger partial charge in [0.25, 0.3) is 0 Å². The number of carbonyl (C=O) groups is 1. The van der Waals surface area contributed by atoms with E-state index in [1.165, 1.54) is 0 Å². The van der Waals surface area contributed by atoms with Gasteiger partial charge >= 0.3 is 0 Å². The third-order valence-electron chi connectivity index (χ3n) is 2.59. The maximum atomic E-state index is 10.9. The summed E-state index contributed by atoms with van der Waals surface area (Å²) in [6.45, 7) is 0. The van der Waals surface area contributed by atoms with E-state index in [0.717, 1.165) is 6.29 Å². The number of hydrogen-bond donors (Lipinski definition) is 0. The van der Waals surface area contributed by atoms with Crippen LogP contribution < -0.4 is 4.74 Å². The van der Waals surface area contributed by atoms with Crippen molar-refractivity contribution in [1.82, 2.24) is 0 Å². The molecule has 0 amide bonds. The van der Waals surface area contributed by atoms with Crippen LogP contribution in [0.25, 0.3) is 11.1 Å². The number of rotatable bonds is 3. The van der Waals surface area contributed by atoms with Crippen LogP contribution >= 0.6 is 23.2 Å². The molecule has 0 spiro atoms. The van der Waals surface area contributed by atoms with Crippen molar-refractivity contribution in [2.75, 3.05) is 7.11 Å². The Kier molecular flexibility index (Phi) is 3.90. The summed E-state index contributed by atoms with van der Waals surface area (Å²) >= 11 is 12.3. The van der Waals surface area contributed by atoms with E-state index < -0.39 is 0 Å². The topological polar surface area (TPSA) is 26.3 Å². The summed E-state index contributed by atoms with van der Waals surface area (Å²) in [5.41, 5.74) is 1.92. The van der Waals surface area contributed by atoms with Crippen LogP contribution in [-0.4, -0.2) is 13.4 Å². The van der Waals surface area contributed by atoms with E-state index in [-0.39, 0.29) is 0 Å². The monoisotopic (exact) mass is 280 g/mol. The summed E-state index contributed by atoms with van der Waals surface area (Å²) in [6, 6.07) is 10.4. The van der Waals surface area contributed by atoms with Gasteiger partial charge in [-0.3, -0.25) is 4.79 Å². The Morgan fingerprint density at radius 3 is 2.33 bits per heavy atom. The number of hydrogen-bond acceptors (Lipinski definition) is 2. The lowest BCUT2D eigenvalue weighted by atomic mass is 10.0. The Hall–Kier alpha value is -1.51. The van der Waals surface area contributed by atoms with Crippen molar-refractivity contribution in [3.05, 3.63) is 52.0 Å². The molecular weight excluding hydrogens is 271 g/mol. The van der Waals surface area contributed by atoms with Gasteiger partial charge in [-0.25, -0.2) is 0 Å². The summed E-state index contributed by atoms with van der Waals surface area (Å²) in [5.74, 6) is 0.621. The Labute approximate surface area is 115 Å². The van der Waals surface area contributed by atoms with E-state index in [1.807, 2.05) is 0 Å². The van der Waals surface area contributed by atoms with Gasteiger partial charge in [0.15, 0.2) is 0 Å². The van der Waals surface area contributed by atoms with Crippen LogP contribution in [0, 0.1) is 0 Å². The number of benzene rings is 2. The number of carbonyl (C=O) groups excluding carboxylic acids is 1. The number of halogens is 2. The first-order valence-electron chi connectivity index (χ1n) is 5.25. The van der Waals surface area contributed by atoms with Gasteiger partial charge in [0, 0.05) is 16.7 Å². The molecule has 0 atom stereocenters. The molecule has 0 aliphatic rings. The van der Waals surface area contributed by atoms with Gasteiger partial charge in [-0.1, -0.05) is 29.3 Å². The quantitative estimate of drug-likeness (QED) is 0.775. The summed E-state index contributed by atoms with van der Waals surface area (Å²) in [5, 5.41) is 1.03. The molecule has 0 aromatic heterocycles. The maximum Gasteiger partial charge on any atom is 0.150 e. The van der Waals surface area contributed by atoms with Crippen molar-refractivity contribution in [3.8, 4) is 16.9 Å². The van der Waals surface area contributed by atoms with E-state index >= 15 is 0 Å². The largest absolute Gasteiger partial charge is 0.496 e. The zero-order valence-corrected chi connectivity index (χ0v) is 11.1. The molecule has 2 nitrogen and oxygen atoms in total. The van der Waals surface area contributed by atoms with Gasteiger partial charge in [-0.2, -0.15) is 0 Å². The molecule has 18 heavy (non-hydrogen) atoms. The van der Waals surface area contributed by atoms with Gasteiger partial charge in [0.05, 0.1) is 17.2 Å². The van der Waals surface area contributed by atoms with Crippen molar-refractivity contribution < 1.29 is 9.53 Å². The SMILES string of the molecule is COc1ccc(C=O)cc1-c1c(Cl)cccc1Cl. The highest BCUT2D eigenvalue weighted by molar-refractivity contribution is 6.39. The van der Waals surface area contributed by atoms with E-state index in [0.29, 0.717) is 32.5 Å². The average Bonchev–Trinajstić information content (AvgIpc) is 2.38. The van der Waals surface area contributed by atoms with Gasteiger partial charge in [-0.15, -0.1) is 0 Å². The molecule has 0 fully saturated rings. The van der Waals surface area contributed by atoms with Crippen LogP contribution in [0.3, 0.4) is 0 Å². The Bertz CT molecular complexity index is 574. The maximum absolute atomic E-state index is 10.9. The average molecular weight is 281 g/mol. The molecule has 0 N–H and O–H groups in total. The predicted molar refractivity (Wildman–Crippen MR) is 73.8 cm³/mol. The van der Waals surface area contributed by atoms with Gasteiger partial charge in [-0.05, 0) is 30.3 Å². The van der Waals surface area contributed by atoms with Crippen LogP contribution in [-0.2, 0) is 0 Å². The first-order chi connectivity index (χ1) is 8.67. The van der Waals surface area contributed by atoms with E-state index in [4.69, 9.17) is 27.9 Å². The van der Waals surface area contributed by atoms with E-state index in [1.54, 1.807) is 43.5 Å². The normalized spacial score (nSPS) is 10.2. The first-order valence-corrected chi connectivity index (χ1v) is 6.00. The molecule has 0 saturated carbocycles. The van der Waals surface area contributed by atoms with Crippen LogP contribution in [0.2, 0.25) is 10.0 Å². The fraction of sp³-hybridized carbons (Fsp3) is 0.0714. The van der Waals surface area contributed by atoms with Gasteiger partial charge in [0.2, 0.25) is 0 Å². The highest BCUT2D eigenvalue weighted by Crippen LogP contribution is 2.39. The predicted octanol–water partition coefficient (Wildman–Crippen LogP) is 4.48. The molecule has 2 aromatic rings. The molecule has 0 aliphatic heterocycles. The second kappa shape index (κ2) is 5.42. The van der Waals surface area contributed by atoms with Crippen molar-refractivity contribution in [2.24, 2.45) is 0 Å². The van der Waals surface area contributed by atoms with E-state index in [9.17, 15) is 4.79 Å². The first kappa shape index (κ1) is 12.9. The molecule has 2 rings (SSSR count). The molecule has 0 bridgehead atoms. The van der Waals surface area contributed by atoms with Crippen molar-refractivity contribution in [2.45, 2.75) is 0 Å². The minimum absolute atomic E-state index is 0.517. The standard InChI is InChI=1S/C14H10Cl2O2/c1-18-13-6-5-9(8-17)7-10(13)14-11(15)3-2-4-12(14)16/h2-8H,1H3. The smallest absolute Gasteiger partial charge is 0.150 e. The number of methoxy groups -OCH3 is 1. The molecule has 0 saturated heterocycles. The Morgan fingerprint density at radius 1 is 1.11 bits per heavy atom. The molecule has 0 unspecified atom stereocenters. The Morgan fingerprint density at radius 2 is 1.78 bits per heavy atom. The molecular formula is C14H10Cl2O2. The molecule has 2 aromatic carbocycles. The molecule has 0 aliphatic carbocycles. The van der Waals surface area contributed by atoms with Crippen molar-refractivity contribution >= 4 is 29.5 Å². The Balaban J connectivity index is 2.72. The summed E-state index contributed by atoms with van der Waals surface area (Å²) in [4.78, 5) is 10.9. The van der Waals surface area contributed by atoms with E-state index in [2.05, 4.69) is 0 Å². The zero-order chi connectivity index (χ0) is 13.1. The van der Waals surface area contributed by atoms with Gasteiger partial charge in [0.1, 0.15) is 12.0 Å². The lowest BCUT2D eigenvalue weighted by molar-refractivity contribution is 0.112. The minimum atomic E-state index is 0.517. The number of ether oxygens (including phenoxy) is 1. The van der Waals surface area contributed by atoms with Crippen LogP contribution in [0.5, 0.6) is 5.75 Å². The van der Waals surface area contributed by atoms with Crippen LogP contribution in [0.1, 0.15) is 10.4 Å². The molecule has 0 heterocycles. The lowest BCUT2D eigenvalue weighted by Crippen LogP contribution is -1.91. The van der Waals surface area contributed by atoms with Crippen molar-refractivity contribution in [3.63, 3.8) is 0 Å². The fourth-order valence-electron chi connectivity index (χ4n) is 1.75. The lowest BCUT2D eigenvalue weighted by Gasteiger charge is -2.12. The highest BCUT2D eigenvalue weighted by Gasteiger charge is 2.13. The summed E-state index contributed by atoms with van der Waals surface area (Å²) in [7, 11) is 1.56. The van der Waals surface area contributed by atoms with Crippen molar-refractivity contribution in [1.29, 1.82) is 0 Å². The van der Waals surface area contributed by atoms with Gasteiger partial charge < -0.3 is 4.74 Å². The second-order valence-corrected chi connectivity index (χ2v) is 4.49. The molecule has 92 valence electrons. The molecule has 0 radical (unpaired) electrons. The zero-order valence-electron chi connectivity index (χ0n) is 9.61. The fourth-order valence-corrected chi connectivity index (χ4v) is 2.35. The second-order valence-electron chi connectivity index (χ2n) is 3.67.